The van der Waals surface area contributed by atoms with Crippen LogP contribution in [0.3, 0.4) is 0 Å². The molecule has 2 aromatic rings. The predicted octanol–water partition coefficient (Wildman–Crippen LogP) is 2.00. The number of rotatable bonds is 4. The Kier molecular flexibility index (Phi) is 3.87. The molecule has 0 spiro atoms. The minimum atomic E-state index is -0.633. The Balaban J connectivity index is 2.15. The first kappa shape index (κ1) is 13.2. The summed E-state index contributed by atoms with van der Waals surface area (Å²) in [5.41, 5.74) is 12.2. The Bertz CT molecular complexity index is 599. The first-order chi connectivity index (χ1) is 9.06. The van der Waals surface area contributed by atoms with Gasteiger partial charge >= 0.3 is 0 Å². The number of hydrogen-bond acceptors (Lipinski definition) is 4. The predicted molar refractivity (Wildman–Crippen MR) is 73.0 cm³/mol. The van der Waals surface area contributed by atoms with Crippen molar-refractivity contribution in [3.05, 3.63) is 52.7 Å². The lowest BCUT2D eigenvalue weighted by molar-refractivity contribution is 0.0995. The van der Waals surface area contributed by atoms with Crippen LogP contribution in [0.4, 0.5) is 5.69 Å². The molecule has 0 aliphatic rings. The lowest BCUT2D eigenvalue weighted by Crippen LogP contribution is -2.14. The van der Waals surface area contributed by atoms with E-state index in [2.05, 4.69) is 4.98 Å². The minimum absolute atomic E-state index is 0.161. The van der Waals surface area contributed by atoms with Crippen LogP contribution in [0.25, 0.3) is 0 Å². The highest BCUT2D eigenvalue weighted by atomic mass is 35.5. The topological polar surface area (TPSA) is 91.2 Å². The highest BCUT2D eigenvalue weighted by Gasteiger charge is 2.11. The molecule has 1 amide bonds. The molecule has 4 N–H and O–H groups in total. The number of nitrogen functional groups attached to an aromatic ring is 1. The number of anilines is 1. The van der Waals surface area contributed by atoms with E-state index in [9.17, 15) is 4.79 Å². The number of hydrogen-bond donors (Lipinski definition) is 2. The number of benzene rings is 1. The summed E-state index contributed by atoms with van der Waals surface area (Å²) in [7, 11) is 0. The van der Waals surface area contributed by atoms with Crippen molar-refractivity contribution < 1.29 is 9.53 Å². The smallest absolute Gasteiger partial charge is 0.254 e. The van der Waals surface area contributed by atoms with Crippen molar-refractivity contribution in [1.82, 2.24) is 4.98 Å². The minimum Gasteiger partial charge on any atom is -0.472 e. The number of amides is 1. The molecule has 2 rings (SSSR count). The maximum absolute atomic E-state index is 11.3. The summed E-state index contributed by atoms with van der Waals surface area (Å²) in [4.78, 5) is 15.2. The van der Waals surface area contributed by atoms with Crippen LogP contribution in [-0.4, -0.2) is 10.9 Å². The molecule has 1 aromatic heterocycles. The van der Waals surface area contributed by atoms with E-state index in [-0.39, 0.29) is 18.1 Å². The molecule has 0 aliphatic heterocycles. The van der Waals surface area contributed by atoms with Gasteiger partial charge in [-0.25, -0.2) is 4.98 Å². The Labute approximate surface area is 115 Å². The van der Waals surface area contributed by atoms with E-state index in [0.29, 0.717) is 10.7 Å². The van der Waals surface area contributed by atoms with Gasteiger partial charge in [0.15, 0.2) is 0 Å². The van der Waals surface area contributed by atoms with E-state index in [0.717, 1.165) is 5.56 Å². The second-order valence-electron chi connectivity index (χ2n) is 3.90. The van der Waals surface area contributed by atoms with E-state index in [4.69, 9.17) is 27.8 Å². The van der Waals surface area contributed by atoms with Crippen LogP contribution in [0.1, 0.15) is 15.9 Å². The van der Waals surface area contributed by atoms with Gasteiger partial charge in [0, 0.05) is 5.02 Å². The number of nitrogens with zero attached hydrogens (tertiary/aromatic N) is 1. The number of carbonyl (C=O) groups excluding carboxylic acids is 1. The summed E-state index contributed by atoms with van der Waals surface area (Å²) in [6.45, 7) is 0.258. The number of primary amides is 1. The van der Waals surface area contributed by atoms with Crippen molar-refractivity contribution in [2.75, 3.05) is 5.73 Å². The van der Waals surface area contributed by atoms with Crippen LogP contribution in [-0.2, 0) is 6.61 Å². The molecule has 0 saturated carbocycles. The van der Waals surface area contributed by atoms with Crippen molar-refractivity contribution in [2.24, 2.45) is 5.73 Å². The quantitative estimate of drug-likeness (QED) is 0.894. The van der Waals surface area contributed by atoms with Crippen LogP contribution in [0.15, 0.2) is 36.5 Å². The molecule has 0 fully saturated rings. The van der Waals surface area contributed by atoms with Gasteiger partial charge in [-0.2, -0.15) is 0 Å². The summed E-state index contributed by atoms with van der Waals surface area (Å²) in [6, 6.07) is 8.59. The van der Waals surface area contributed by atoms with Crippen molar-refractivity contribution in [2.45, 2.75) is 6.61 Å². The molecular formula is C13H12ClN3O2. The fourth-order valence-corrected chi connectivity index (χ4v) is 1.62. The van der Waals surface area contributed by atoms with Crippen LogP contribution < -0.4 is 16.2 Å². The fourth-order valence-electron chi connectivity index (χ4n) is 1.49. The normalized spacial score (nSPS) is 10.2. The number of aromatic nitrogens is 1. The standard InChI is InChI=1S/C13H12ClN3O2/c14-9-3-1-8(2-4-9)7-19-13-11(12(16)18)5-10(15)6-17-13/h1-6H,7,15H2,(H2,16,18). The lowest BCUT2D eigenvalue weighted by atomic mass is 10.2. The van der Waals surface area contributed by atoms with Gasteiger partial charge in [-0.1, -0.05) is 23.7 Å². The van der Waals surface area contributed by atoms with E-state index in [1.807, 2.05) is 12.1 Å². The number of nitrogens with two attached hydrogens (primary N) is 2. The highest BCUT2D eigenvalue weighted by molar-refractivity contribution is 6.30. The molecule has 1 aromatic carbocycles. The summed E-state index contributed by atoms with van der Waals surface area (Å²) in [6.07, 6.45) is 1.41. The second-order valence-corrected chi connectivity index (χ2v) is 4.34. The van der Waals surface area contributed by atoms with Crippen LogP contribution >= 0.6 is 11.6 Å². The average molecular weight is 278 g/mol. The van der Waals surface area contributed by atoms with Gasteiger partial charge < -0.3 is 16.2 Å². The Morgan fingerprint density at radius 2 is 2.00 bits per heavy atom. The number of halogens is 1. The molecule has 0 bridgehead atoms. The van der Waals surface area contributed by atoms with Gasteiger partial charge in [-0.3, -0.25) is 4.79 Å². The summed E-state index contributed by atoms with van der Waals surface area (Å²) in [5.74, 6) is -0.470. The van der Waals surface area contributed by atoms with Crippen molar-refractivity contribution in [3.8, 4) is 5.88 Å². The molecule has 98 valence electrons. The van der Waals surface area contributed by atoms with Gasteiger partial charge in [0.2, 0.25) is 5.88 Å². The van der Waals surface area contributed by atoms with Crippen molar-refractivity contribution in [1.29, 1.82) is 0 Å². The number of pyridine rings is 1. The Morgan fingerprint density at radius 1 is 1.32 bits per heavy atom. The highest BCUT2D eigenvalue weighted by Crippen LogP contribution is 2.19. The SMILES string of the molecule is NC(=O)c1cc(N)cnc1OCc1ccc(Cl)cc1. The Morgan fingerprint density at radius 3 is 2.63 bits per heavy atom. The van der Waals surface area contributed by atoms with Crippen molar-refractivity contribution in [3.63, 3.8) is 0 Å². The molecule has 0 atom stereocenters. The summed E-state index contributed by atoms with van der Waals surface area (Å²) >= 11 is 5.78. The first-order valence-electron chi connectivity index (χ1n) is 5.49. The van der Waals surface area contributed by atoms with Gasteiger partial charge in [0.05, 0.1) is 11.9 Å². The number of carbonyl (C=O) groups is 1. The van der Waals surface area contributed by atoms with Crippen LogP contribution in [0.5, 0.6) is 5.88 Å². The van der Waals surface area contributed by atoms with Gasteiger partial charge in [-0.05, 0) is 23.8 Å². The average Bonchev–Trinajstić information content (AvgIpc) is 2.39. The van der Waals surface area contributed by atoms with Gasteiger partial charge in [0.1, 0.15) is 12.2 Å². The summed E-state index contributed by atoms with van der Waals surface area (Å²) in [5, 5.41) is 0.646. The third kappa shape index (κ3) is 3.35. The largest absolute Gasteiger partial charge is 0.472 e. The molecule has 0 saturated heterocycles. The molecule has 6 heteroatoms. The zero-order valence-electron chi connectivity index (χ0n) is 9.97. The second kappa shape index (κ2) is 5.58. The molecule has 5 nitrogen and oxygen atoms in total. The first-order valence-corrected chi connectivity index (χ1v) is 5.86. The molecular weight excluding hydrogens is 266 g/mol. The molecule has 0 aliphatic carbocycles. The molecule has 0 unspecified atom stereocenters. The van der Waals surface area contributed by atoms with Gasteiger partial charge in [-0.15, -0.1) is 0 Å². The van der Waals surface area contributed by atoms with E-state index >= 15 is 0 Å². The zero-order chi connectivity index (χ0) is 13.8. The third-order valence-corrected chi connectivity index (χ3v) is 2.68. The van der Waals surface area contributed by atoms with Crippen LogP contribution in [0.2, 0.25) is 5.02 Å². The summed E-state index contributed by atoms with van der Waals surface area (Å²) < 4.78 is 5.47. The monoisotopic (exact) mass is 277 g/mol. The third-order valence-electron chi connectivity index (χ3n) is 2.43. The van der Waals surface area contributed by atoms with E-state index < -0.39 is 5.91 Å². The maximum atomic E-state index is 11.3. The van der Waals surface area contributed by atoms with Crippen LogP contribution in [0, 0.1) is 0 Å². The fraction of sp³-hybridized carbons (Fsp3) is 0.0769. The molecule has 1 heterocycles. The zero-order valence-corrected chi connectivity index (χ0v) is 10.7. The number of ether oxygens (including phenoxy) is 1. The van der Waals surface area contributed by atoms with E-state index in [1.165, 1.54) is 12.3 Å². The molecule has 0 radical (unpaired) electrons. The van der Waals surface area contributed by atoms with Crippen molar-refractivity contribution >= 4 is 23.2 Å². The lowest BCUT2D eigenvalue weighted by Gasteiger charge is -2.09. The molecule has 19 heavy (non-hydrogen) atoms. The maximum Gasteiger partial charge on any atom is 0.254 e. The van der Waals surface area contributed by atoms with Gasteiger partial charge in [0.25, 0.3) is 5.91 Å². The Hall–Kier alpha value is -2.27. The van der Waals surface area contributed by atoms with E-state index in [1.54, 1.807) is 12.1 Å².